The lowest BCUT2D eigenvalue weighted by molar-refractivity contribution is -0.147. The van der Waals surface area contributed by atoms with E-state index in [1.165, 1.54) is 13.2 Å². The maximum absolute atomic E-state index is 12.0. The molecule has 6 nitrogen and oxygen atoms in total. The lowest BCUT2D eigenvalue weighted by Crippen LogP contribution is -2.15. The lowest BCUT2D eigenvalue weighted by atomic mass is 10.0. The Morgan fingerprint density at radius 1 is 1.04 bits per heavy atom. The normalized spacial score (nSPS) is 10.6. The molecule has 140 valence electrons. The van der Waals surface area contributed by atoms with E-state index in [1.807, 2.05) is 26.0 Å². The fourth-order valence-electron chi connectivity index (χ4n) is 2.68. The highest BCUT2D eigenvalue weighted by Gasteiger charge is 2.12. The van der Waals surface area contributed by atoms with Crippen LogP contribution in [-0.2, 0) is 16.1 Å². The molecule has 0 aliphatic carbocycles. The molecule has 1 heterocycles. The van der Waals surface area contributed by atoms with Crippen LogP contribution in [0.15, 0.2) is 51.7 Å². The molecule has 0 atom stereocenters. The van der Waals surface area contributed by atoms with Gasteiger partial charge >= 0.3 is 11.6 Å². The summed E-state index contributed by atoms with van der Waals surface area (Å²) >= 11 is 0. The van der Waals surface area contributed by atoms with Gasteiger partial charge in [-0.25, -0.2) is 9.59 Å². The third-order valence-corrected chi connectivity index (χ3v) is 4.25. The van der Waals surface area contributed by atoms with Gasteiger partial charge in [0.2, 0.25) is 0 Å². The minimum absolute atomic E-state index is 0.0429. The Labute approximate surface area is 156 Å². The monoisotopic (exact) mass is 368 g/mol. The molecule has 0 amide bonds. The summed E-state index contributed by atoms with van der Waals surface area (Å²) in [5.74, 6) is 0.433. The Balaban J connectivity index is 1.70. The Morgan fingerprint density at radius 3 is 2.48 bits per heavy atom. The summed E-state index contributed by atoms with van der Waals surface area (Å²) in [4.78, 5) is 23.8. The zero-order valence-electron chi connectivity index (χ0n) is 15.4. The molecule has 0 aliphatic heterocycles. The molecule has 0 radical (unpaired) electrons. The van der Waals surface area contributed by atoms with Gasteiger partial charge < -0.3 is 18.6 Å². The van der Waals surface area contributed by atoms with E-state index < -0.39 is 11.6 Å². The lowest BCUT2D eigenvalue weighted by Gasteiger charge is -2.11. The van der Waals surface area contributed by atoms with Crippen LogP contribution in [0.3, 0.4) is 0 Å². The van der Waals surface area contributed by atoms with Crippen molar-refractivity contribution in [3.8, 4) is 11.5 Å². The Morgan fingerprint density at radius 2 is 1.74 bits per heavy atom. The molecule has 0 aliphatic rings. The van der Waals surface area contributed by atoms with Crippen LogP contribution in [-0.4, -0.2) is 19.7 Å². The van der Waals surface area contributed by atoms with Gasteiger partial charge in [0.1, 0.15) is 12.2 Å². The highest BCUT2D eigenvalue weighted by atomic mass is 16.6. The van der Waals surface area contributed by atoms with Crippen molar-refractivity contribution in [2.75, 3.05) is 13.7 Å². The molecule has 0 fully saturated rings. The predicted molar refractivity (Wildman–Crippen MR) is 100 cm³/mol. The van der Waals surface area contributed by atoms with Gasteiger partial charge in [0.05, 0.1) is 7.11 Å². The second-order valence-corrected chi connectivity index (χ2v) is 6.12. The minimum Gasteiger partial charge on any atom is -0.493 e. The molecule has 1 aromatic heterocycles. The number of fused-ring (bicyclic) bond motifs is 1. The molecule has 0 spiro atoms. The van der Waals surface area contributed by atoms with Crippen LogP contribution in [0.1, 0.15) is 16.7 Å². The van der Waals surface area contributed by atoms with Crippen LogP contribution >= 0.6 is 0 Å². The van der Waals surface area contributed by atoms with E-state index in [-0.39, 0.29) is 13.2 Å². The average Bonchev–Trinajstić information content (AvgIpc) is 2.66. The summed E-state index contributed by atoms with van der Waals surface area (Å²) in [6, 6.07) is 12.1. The summed E-state index contributed by atoms with van der Waals surface area (Å²) in [6.07, 6.45) is 0. The van der Waals surface area contributed by atoms with Crippen LogP contribution < -0.4 is 15.1 Å². The van der Waals surface area contributed by atoms with Crippen LogP contribution in [0.4, 0.5) is 0 Å². The summed E-state index contributed by atoms with van der Waals surface area (Å²) in [5, 5.41) is 0.746. The third kappa shape index (κ3) is 4.28. The molecule has 0 unspecified atom stereocenters. The fourth-order valence-corrected chi connectivity index (χ4v) is 2.68. The van der Waals surface area contributed by atoms with E-state index in [2.05, 4.69) is 0 Å². The van der Waals surface area contributed by atoms with Crippen LogP contribution in [0.2, 0.25) is 0 Å². The predicted octanol–water partition coefficient (Wildman–Crippen LogP) is 3.54. The van der Waals surface area contributed by atoms with E-state index in [1.54, 1.807) is 24.3 Å². The van der Waals surface area contributed by atoms with E-state index in [0.717, 1.165) is 16.5 Å². The van der Waals surface area contributed by atoms with Gasteiger partial charge in [-0.3, -0.25) is 0 Å². The summed E-state index contributed by atoms with van der Waals surface area (Å²) in [7, 11) is 1.52. The molecule has 0 saturated carbocycles. The maximum atomic E-state index is 12.0. The van der Waals surface area contributed by atoms with Crippen molar-refractivity contribution < 1.29 is 23.4 Å². The number of hydrogen-bond acceptors (Lipinski definition) is 6. The smallest absolute Gasteiger partial charge is 0.344 e. The number of benzene rings is 2. The van der Waals surface area contributed by atoms with Crippen molar-refractivity contribution in [1.29, 1.82) is 0 Å². The van der Waals surface area contributed by atoms with Gasteiger partial charge in [-0.1, -0.05) is 12.1 Å². The number of para-hydroxylation sites is 2. The number of carbonyl (C=O) groups is 1. The largest absolute Gasteiger partial charge is 0.493 e. The molecule has 2 aromatic carbocycles. The van der Waals surface area contributed by atoms with Crippen LogP contribution in [0.5, 0.6) is 11.5 Å². The van der Waals surface area contributed by atoms with Crippen molar-refractivity contribution in [2.45, 2.75) is 20.5 Å². The van der Waals surface area contributed by atoms with Crippen LogP contribution in [0, 0.1) is 13.8 Å². The number of ether oxygens (including phenoxy) is 3. The zero-order chi connectivity index (χ0) is 19.4. The summed E-state index contributed by atoms with van der Waals surface area (Å²) in [5.41, 5.74) is 2.66. The maximum Gasteiger partial charge on any atom is 0.344 e. The van der Waals surface area contributed by atoms with Gasteiger partial charge in [0, 0.05) is 17.0 Å². The molecule has 3 rings (SSSR count). The quantitative estimate of drug-likeness (QED) is 0.489. The van der Waals surface area contributed by atoms with E-state index >= 15 is 0 Å². The molecule has 0 bridgehead atoms. The molecular weight excluding hydrogens is 348 g/mol. The van der Waals surface area contributed by atoms with Gasteiger partial charge in [0.15, 0.2) is 18.1 Å². The molecule has 3 aromatic rings. The van der Waals surface area contributed by atoms with Crippen LogP contribution in [0.25, 0.3) is 11.0 Å². The van der Waals surface area contributed by atoms with Crippen molar-refractivity contribution in [2.24, 2.45) is 0 Å². The second kappa shape index (κ2) is 7.95. The SMILES string of the molecule is COc1ccccc1OCC(=O)OCc1cc(=O)oc2cc(C)c(C)cc12. The standard InChI is InChI=1S/C21H20O6/c1-13-8-16-15(10-20(22)27-19(16)9-14(13)2)11-26-21(23)12-25-18-7-5-4-6-17(18)24-3/h4-10H,11-12H2,1-3H3. The Bertz CT molecular complexity index is 1030. The van der Waals surface area contributed by atoms with E-state index in [4.69, 9.17) is 18.6 Å². The molecule has 6 heteroatoms. The molecule has 0 saturated heterocycles. The number of methoxy groups -OCH3 is 1. The van der Waals surface area contributed by atoms with Gasteiger partial charge in [-0.2, -0.15) is 0 Å². The summed E-state index contributed by atoms with van der Waals surface area (Å²) < 4.78 is 21.1. The van der Waals surface area contributed by atoms with Crippen molar-refractivity contribution in [3.63, 3.8) is 0 Å². The van der Waals surface area contributed by atoms with Gasteiger partial charge in [0.25, 0.3) is 0 Å². The van der Waals surface area contributed by atoms with E-state index in [0.29, 0.717) is 22.6 Å². The number of hydrogen-bond donors (Lipinski definition) is 0. The number of aryl methyl sites for hydroxylation is 2. The fraction of sp³-hybridized carbons (Fsp3) is 0.238. The Hall–Kier alpha value is -3.28. The number of rotatable bonds is 6. The third-order valence-electron chi connectivity index (χ3n) is 4.25. The summed E-state index contributed by atoms with van der Waals surface area (Å²) in [6.45, 7) is 3.60. The number of esters is 1. The minimum atomic E-state index is -0.550. The zero-order valence-corrected chi connectivity index (χ0v) is 15.4. The number of carbonyl (C=O) groups excluding carboxylic acids is 1. The van der Waals surface area contributed by atoms with Crippen molar-refractivity contribution in [3.05, 3.63) is 69.6 Å². The molecule has 0 N–H and O–H groups in total. The van der Waals surface area contributed by atoms with Crippen molar-refractivity contribution >= 4 is 16.9 Å². The van der Waals surface area contributed by atoms with Crippen molar-refractivity contribution in [1.82, 2.24) is 0 Å². The molecule has 27 heavy (non-hydrogen) atoms. The van der Waals surface area contributed by atoms with E-state index in [9.17, 15) is 9.59 Å². The first-order valence-corrected chi connectivity index (χ1v) is 8.43. The topological polar surface area (TPSA) is 75.0 Å². The van der Waals surface area contributed by atoms with Gasteiger partial charge in [-0.15, -0.1) is 0 Å². The highest BCUT2D eigenvalue weighted by molar-refractivity contribution is 5.82. The Kier molecular flexibility index (Phi) is 5.45. The first kappa shape index (κ1) is 18.5. The first-order chi connectivity index (χ1) is 13.0. The molecular formula is C21H20O6. The second-order valence-electron chi connectivity index (χ2n) is 6.12. The average molecular weight is 368 g/mol. The first-order valence-electron chi connectivity index (χ1n) is 8.43. The highest BCUT2D eigenvalue weighted by Crippen LogP contribution is 2.26. The van der Waals surface area contributed by atoms with Gasteiger partial charge in [-0.05, 0) is 49.2 Å².